The molecule has 0 bridgehead atoms. The van der Waals surface area contributed by atoms with E-state index in [0.717, 1.165) is 6.26 Å². The van der Waals surface area contributed by atoms with Crippen molar-refractivity contribution in [3.63, 3.8) is 0 Å². The number of benzene rings is 1. The zero-order valence-electron chi connectivity index (χ0n) is 13.4. The first-order chi connectivity index (χ1) is 10.7. The number of piperazine rings is 1. The van der Waals surface area contributed by atoms with Crippen LogP contribution in [0.2, 0.25) is 0 Å². The van der Waals surface area contributed by atoms with Crippen LogP contribution in [-0.4, -0.2) is 62.4 Å². The van der Waals surface area contributed by atoms with Gasteiger partial charge in [0.05, 0.1) is 12.3 Å². The van der Waals surface area contributed by atoms with Crippen molar-refractivity contribution in [2.45, 2.75) is 13.0 Å². The number of carbonyl (C=O) groups excluding carboxylic acids is 2. The lowest BCUT2D eigenvalue weighted by Gasteiger charge is -2.40. The Balaban J connectivity index is 2.41. The Morgan fingerprint density at radius 3 is 2.52 bits per heavy atom. The fourth-order valence-corrected chi connectivity index (χ4v) is 3.82. The summed E-state index contributed by atoms with van der Waals surface area (Å²) in [6.45, 7) is 2.36. The molecule has 8 heteroatoms. The summed E-state index contributed by atoms with van der Waals surface area (Å²) in [6.07, 6.45) is 1.16. The van der Waals surface area contributed by atoms with Crippen molar-refractivity contribution in [1.29, 1.82) is 0 Å². The van der Waals surface area contributed by atoms with E-state index < -0.39 is 16.1 Å². The van der Waals surface area contributed by atoms with Crippen molar-refractivity contribution in [3.05, 3.63) is 35.4 Å². The molecule has 126 valence electrons. The fraction of sp³-hybridized carbons (Fsp3) is 0.467. The van der Waals surface area contributed by atoms with Gasteiger partial charge >= 0.3 is 0 Å². The maximum absolute atomic E-state index is 12.1. The Labute approximate surface area is 136 Å². The average Bonchev–Trinajstić information content (AvgIpc) is 2.52. The van der Waals surface area contributed by atoms with Crippen LogP contribution in [0.3, 0.4) is 0 Å². The normalized spacial score (nSPS) is 19.4. The topological polar surface area (TPSA) is 86.8 Å². The van der Waals surface area contributed by atoms with Crippen LogP contribution in [-0.2, 0) is 14.8 Å². The molecule has 1 aromatic carbocycles. The first-order valence-corrected chi connectivity index (χ1v) is 9.13. The summed E-state index contributed by atoms with van der Waals surface area (Å²) in [6, 6.07) is 6.34. The van der Waals surface area contributed by atoms with Gasteiger partial charge in [-0.25, -0.2) is 8.42 Å². The molecule has 0 aliphatic carbocycles. The highest BCUT2D eigenvalue weighted by atomic mass is 32.2. The van der Waals surface area contributed by atoms with Gasteiger partial charge in [-0.15, -0.1) is 0 Å². The number of sulfonamides is 1. The second-order valence-corrected chi connectivity index (χ2v) is 7.49. The van der Waals surface area contributed by atoms with Gasteiger partial charge in [0.2, 0.25) is 15.9 Å². The molecule has 1 aliphatic heterocycles. The third-order valence-electron chi connectivity index (χ3n) is 3.96. The zero-order chi connectivity index (χ0) is 17.2. The Hall–Kier alpha value is -1.93. The van der Waals surface area contributed by atoms with E-state index in [4.69, 9.17) is 0 Å². The Morgan fingerprint density at radius 1 is 1.26 bits per heavy atom. The van der Waals surface area contributed by atoms with E-state index in [1.165, 1.54) is 18.3 Å². The second kappa shape index (κ2) is 6.67. The number of amides is 2. The molecule has 0 aromatic heterocycles. The van der Waals surface area contributed by atoms with Gasteiger partial charge in [0, 0.05) is 39.2 Å². The predicted octanol–water partition coefficient (Wildman–Crippen LogP) is 0.211. The Morgan fingerprint density at radius 2 is 1.96 bits per heavy atom. The molecule has 0 saturated carbocycles. The number of carbonyl (C=O) groups is 2. The van der Waals surface area contributed by atoms with Crippen molar-refractivity contribution in [1.82, 2.24) is 14.5 Å². The van der Waals surface area contributed by atoms with Gasteiger partial charge < -0.3 is 10.2 Å². The van der Waals surface area contributed by atoms with Crippen LogP contribution in [0.25, 0.3) is 0 Å². The van der Waals surface area contributed by atoms with E-state index in [0.29, 0.717) is 17.7 Å². The minimum atomic E-state index is -3.42. The largest absolute Gasteiger partial charge is 0.355 e. The molecule has 0 spiro atoms. The highest BCUT2D eigenvalue weighted by Crippen LogP contribution is 2.28. The SMILES string of the molecule is CNC(=O)c1cccc(C2CN(C(C)=O)CCN2S(C)(=O)=O)c1. The van der Waals surface area contributed by atoms with Crippen LogP contribution in [0.5, 0.6) is 0 Å². The summed E-state index contributed by atoms with van der Waals surface area (Å²) in [7, 11) is -1.88. The molecule has 1 atom stereocenters. The molecule has 1 unspecified atom stereocenters. The van der Waals surface area contributed by atoms with E-state index in [1.54, 1.807) is 29.2 Å². The highest BCUT2D eigenvalue weighted by molar-refractivity contribution is 7.88. The van der Waals surface area contributed by atoms with Gasteiger partial charge in [-0.05, 0) is 17.7 Å². The van der Waals surface area contributed by atoms with E-state index in [-0.39, 0.29) is 24.9 Å². The Kier molecular flexibility index (Phi) is 5.06. The molecule has 1 heterocycles. The second-order valence-electron chi connectivity index (χ2n) is 5.56. The minimum absolute atomic E-state index is 0.0920. The van der Waals surface area contributed by atoms with Crippen molar-refractivity contribution in [2.24, 2.45) is 0 Å². The number of rotatable bonds is 3. The molecular formula is C15H21N3O4S. The fourth-order valence-electron chi connectivity index (χ4n) is 2.75. The van der Waals surface area contributed by atoms with Gasteiger partial charge in [0.25, 0.3) is 5.91 Å². The third-order valence-corrected chi connectivity index (χ3v) is 5.25. The number of hydrogen-bond donors (Lipinski definition) is 1. The van der Waals surface area contributed by atoms with Crippen molar-refractivity contribution in [2.75, 3.05) is 32.9 Å². The van der Waals surface area contributed by atoms with Gasteiger partial charge in [0.15, 0.2) is 0 Å². The summed E-state index contributed by atoms with van der Waals surface area (Å²) >= 11 is 0. The maximum Gasteiger partial charge on any atom is 0.251 e. The van der Waals surface area contributed by atoms with Crippen LogP contribution in [0.4, 0.5) is 0 Å². The lowest BCUT2D eigenvalue weighted by molar-refractivity contribution is -0.131. The smallest absolute Gasteiger partial charge is 0.251 e. The number of nitrogens with one attached hydrogen (secondary N) is 1. The molecule has 0 radical (unpaired) electrons. The Bertz CT molecular complexity index is 717. The molecule has 1 fully saturated rings. The quantitative estimate of drug-likeness (QED) is 0.853. The van der Waals surface area contributed by atoms with Gasteiger partial charge in [-0.1, -0.05) is 12.1 Å². The van der Waals surface area contributed by atoms with Gasteiger partial charge in [-0.3, -0.25) is 9.59 Å². The van der Waals surface area contributed by atoms with Crippen LogP contribution in [0.1, 0.15) is 28.9 Å². The van der Waals surface area contributed by atoms with E-state index in [1.807, 2.05) is 0 Å². The van der Waals surface area contributed by atoms with Crippen LogP contribution < -0.4 is 5.32 Å². The van der Waals surface area contributed by atoms with Crippen molar-refractivity contribution in [3.8, 4) is 0 Å². The summed E-state index contributed by atoms with van der Waals surface area (Å²) in [4.78, 5) is 25.1. The van der Waals surface area contributed by atoms with Crippen LogP contribution >= 0.6 is 0 Å². The van der Waals surface area contributed by atoms with E-state index in [2.05, 4.69) is 5.32 Å². The van der Waals surface area contributed by atoms with E-state index in [9.17, 15) is 18.0 Å². The molecule has 1 N–H and O–H groups in total. The molecule has 23 heavy (non-hydrogen) atoms. The molecule has 2 rings (SSSR count). The first kappa shape index (κ1) is 17.4. The minimum Gasteiger partial charge on any atom is -0.355 e. The maximum atomic E-state index is 12.1. The summed E-state index contributed by atoms with van der Waals surface area (Å²) in [5.74, 6) is -0.331. The highest BCUT2D eigenvalue weighted by Gasteiger charge is 2.34. The van der Waals surface area contributed by atoms with Gasteiger partial charge in [0.1, 0.15) is 0 Å². The van der Waals surface area contributed by atoms with Crippen LogP contribution in [0, 0.1) is 0 Å². The molecule has 1 aliphatic rings. The summed E-state index contributed by atoms with van der Waals surface area (Å²) in [5, 5.41) is 2.54. The molecule has 1 aromatic rings. The molecular weight excluding hydrogens is 318 g/mol. The van der Waals surface area contributed by atoms with Crippen molar-refractivity contribution < 1.29 is 18.0 Å². The van der Waals surface area contributed by atoms with Crippen LogP contribution in [0.15, 0.2) is 24.3 Å². The third kappa shape index (κ3) is 3.89. The molecule has 1 saturated heterocycles. The summed E-state index contributed by atoms with van der Waals surface area (Å²) < 4.78 is 25.5. The molecule has 2 amide bonds. The predicted molar refractivity (Wildman–Crippen MR) is 86.4 cm³/mol. The zero-order valence-corrected chi connectivity index (χ0v) is 14.3. The molecule has 7 nitrogen and oxygen atoms in total. The monoisotopic (exact) mass is 339 g/mol. The number of nitrogens with zero attached hydrogens (tertiary/aromatic N) is 2. The number of hydrogen-bond acceptors (Lipinski definition) is 4. The lowest BCUT2D eigenvalue weighted by Crippen LogP contribution is -2.51. The van der Waals surface area contributed by atoms with Gasteiger partial charge in [-0.2, -0.15) is 4.31 Å². The van der Waals surface area contributed by atoms with E-state index >= 15 is 0 Å². The lowest BCUT2D eigenvalue weighted by atomic mass is 10.0. The first-order valence-electron chi connectivity index (χ1n) is 7.28. The van der Waals surface area contributed by atoms with Crippen molar-refractivity contribution >= 4 is 21.8 Å². The summed E-state index contributed by atoms with van der Waals surface area (Å²) in [5.41, 5.74) is 1.15. The average molecular weight is 339 g/mol. The standard InChI is InChI=1S/C15H21N3O4S/c1-11(19)17-7-8-18(23(3,21)22)14(10-17)12-5-4-6-13(9-12)15(20)16-2/h4-6,9,14H,7-8,10H2,1-3H3,(H,16,20).